The Bertz CT molecular complexity index is 649. The van der Waals surface area contributed by atoms with E-state index in [1.54, 1.807) is 6.92 Å². The first-order valence-electron chi connectivity index (χ1n) is 5.82. The largest absolute Gasteiger partial charge is 0.351 e. The van der Waals surface area contributed by atoms with E-state index in [1.807, 2.05) is 0 Å². The molecule has 0 aliphatic carbocycles. The van der Waals surface area contributed by atoms with Crippen LogP contribution in [0.2, 0.25) is 5.15 Å². The predicted molar refractivity (Wildman–Crippen MR) is 75.7 cm³/mol. The van der Waals surface area contributed by atoms with Gasteiger partial charge in [0.2, 0.25) is 10.0 Å². The van der Waals surface area contributed by atoms with E-state index in [9.17, 15) is 23.3 Å². The fourth-order valence-electron chi connectivity index (χ4n) is 1.38. The van der Waals surface area contributed by atoms with Gasteiger partial charge in [-0.2, -0.15) is 0 Å². The first-order chi connectivity index (χ1) is 9.76. The molecule has 0 fully saturated rings. The van der Waals surface area contributed by atoms with Crippen LogP contribution in [0, 0.1) is 10.1 Å². The molecule has 2 N–H and O–H groups in total. The maximum Gasteiger partial charge on any atom is 0.288 e. The summed E-state index contributed by atoms with van der Waals surface area (Å²) < 4.78 is 25.0. The van der Waals surface area contributed by atoms with Gasteiger partial charge in [0.15, 0.2) is 0 Å². The van der Waals surface area contributed by atoms with Crippen molar-refractivity contribution in [2.24, 2.45) is 0 Å². The van der Waals surface area contributed by atoms with E-state index in [0.29, 0.717) is 0 Å². The average molecular weight is 337 g/mol. The smallest absolute Gasteiger partial charge is 0.288 e. The molecule has 1 rings (SSSR count). The lowest BCUT2D eigenvalue weighted by Gasteiger charge is -2.07. The molecule has 0 saturated heterocycles. The molecule has 116 valence electrons. The standard InChI is InChI=1S/C10H13ClN4O5S/c1-2-14-21(19,20)4-3-12-10(16)8-5-7(15(17)18)6-13-9(8)11/h5-6,14H,2-4H2,1H3,(H,12,16). The number of pyridine rings is 1. The van der Waals surface area contributed by atoms with Crippen molar-refractivity contribution in [3.8, 4) is 0 Å². The third kappa shape index (κ3) is 5.25. The van der Waals surface area contributed by atoms with Gasteiger partial charge in [-0.25, -0.2) is 18.1 Å². The molecule has 0 aliphatic heterocycles. The Morgan fingerprint density at radius 2 is 2.19 bits per heavy atom. The van der Waals surface area contributed by atoms with Gasteiger partial charge in [-0.15, -0.1) is 0 Å². The van der Waals surface area contributed by atoms with Crippen LogP contribution in [0.1, 0.15) is 17.3 Å². The number of aromatic nitrogens is 1. The highest BCUT2D eigenvalue weighted by Crippen LogP contribution is 2.18. The summed E-state index contributed by atoms with van der Waals surface area (Å²) in [4.78, 5) is 25.2. The van der Waals surface area contributed by atoms with Gasteiger partial charge in [0, 0.05) is 19.2 Å². The molecule has 11 heteroatoms. The summed E-state index contributed by atoms with van der Waals surface area (Å²) >= 11 is 5.69. The molecule has 9 nitrogen and oxygen atoms in total. The quantitative estimate of drug-likeness (QED) is 0.418. The minimum Gasteiger partial charge on any atom is -0.351 e. The monoisotopic (exact) mass is 336 g/mol. The normalized spacial score (nSPS) is 11.1. The van der Waals surface area contributed by atoms with Crippen molar-refractivity contribution >= 4 is 33.2 Å². The number of carbonyl (C=O) groups is 1. The molecule has 1 aromatic rings. The minimum atomic E-state index is -3.46. The van der Waals surface area contributed by atoms with Crippen molar-refractivity contribution in [1.29, 1.82) is 0 Å². The van der Waals surface area contributed by atoms with Crippen molar-refractivity contribution in [2.75, 3.05) is 18.8 Å². The molecule has 0 aliphatic rings. The maximum atomic E-state index is 11.8. The van der Waals surface area contributed by atoms with Gasteiger partial charge in [-0.1, -0.05) is 18.5 Å². The average Bonchev–Trinajstić information content (AvgIpc) is 2.38. The molecule has 0 unspecified atom stereocenters. The zero-order chi connectivity index (χ0) is 16.0. The van der Waals surface area contributed by atoms with Gasteiger partial charge in [0.05, 0.1) is 16.2 Å². The minimum absolute atomic E-state index is 0.160. The predicted octanol–water partition coefficient (Wildman–Crippen LogP) is 0.312. The number of carbonyl (C=O) groups excluding carboxylic acids is 1. The Hall–Kier alpha value is -1.78. The second-order valence-corrected chi connectivity index (χ2v) is 6.15. The van der Waals surface area contributed by atoms with E-state index in [2.05, 4.69) is 15.0 Å². The van der Waals surface area contributed by atoms with Crippen LogP contribution in [0.5, 0.6) is 0 Å². The van der Waals surface area contributed by atoms with Crippen LogP contribution in [0.25, 0.3) is 0 Å². The highest BCUT2D eigenvalue weighted by atomic mass is 35.5. The fraction of sp³-hybridized carbons (Fsp3) is 0.400. The van der Waals surface area contributed by atoms with E-state index in [-0.39, 0.29) is 35.2 Å². The second kappa shape index (κ2) is 7.29. The summed E-state index contributed by atoms with van der Waals surface area (Å²) in [6.45, 7) is 1.72. The highest BCUT2D eigenvalue weighted by molar-refractivity contribution is 7.89. The summed E-state index contributed by atoms with van der Waals surface area (Å²) in [6, 6.07) is 0.976. The third-order valence-electron chi connectivity index (χ3n) is 2.30. The van der Waals surface area contributed by atoms with Crippen LogP contribution in [-0.4, -0.2) is 43.1 Å². The molecule has 0 aromatic carbocycles. The van der Waals surface area contributed by atoms with Gasteiger partial charge in [-0.05, 0) is 0 Å². The number of nitrogens with zero attached hydrogens (tertiary/aromatic N) is 2. The molecular weight excluding hydrogens is 324 g/mol. The Balaban J connectivity index is 2.72. The van der Waals surface area contributed by atoms with Crippen molar-refractivity contribution in [3.63, 3.8) is 0 Å². The number of nitro groups is 1. The summed E-state index contributed by atoms with van der Waals surface area (Å²) in [5.74, 6) is -1.05. The number of sulfonamides is 1. The molecule has 1 aromatic heterocycles. The van der Waals surface area contributed by atoms with Crippen molar-refractivity contribution in [3.05, 3.63) is 33.1 Å². The summed E-state index contributed by atoms with van der Waals surface area (Å²) in [6.07, 6.45) is 0.925. The zero-order valence-corrected chi connectivity index (χ0v) is 12.6. The van der Waals surface area contributed by atoms with Crippen molar-refractivity contribution in [1.82, 2.24) is 15.0 Å². The molecule has 21 heavy (non-hydrogen) atoms. The second-order valence-electron chi connectivity index (χ2n) is 3.86. The summed E-state index contributed by atoms with van der Waals surface area (Å²) in [5, 5.41) is 12.7. The number of halogens is 1. The molecule has 1 heterocycles. The van der Waals surface area contributed by atoms with E-state index < -0.39 is 20.9 Å². The Morgan fingerprint density at radius 1 is 1.52 bits per heavy atom. The van der Waals surface area contributed by atoms with E-state index in [0.717, 1.165) is 12.3 Å². The number of hydrogen-bond donors (Lipinski definition) is 2. The zero-order valence-electron chi connectivity index (χ0n) is 11.0. The molecule has 0 spiro atoms. The molecule has 0 bridgehead atoms. The van der Waals surface area contributed by atoms with Crippen LogP contribution in [0.4, 0.5) is 5.69 Å². The third-order valence-corrected chi connectivity index (χ3v) is 4.07. The van der Waals surface area contributed by atoms with Gasteiger partial charge in [0.1, 0.15) is 11.3 Å². The Kier molecular flexibility index (Phi) is 6.00. The van der Waals surface area contributed by atoms with E-state index >= 15 is 0 Å². The van der Waals surface area contributed by atoms with Crippen molar-refractivity contribution < 1.29 is 18.1 Å². The van der Waals surface area contributed by atoms with E-state index in [4.69, 9.17) is 11.6 Å². The lowest BCUT2D eigenvalue weighted by Crippen LogP contribution is -2.34. The lowest BCUT2D eigenvalue weighted by atomic mass is 10.2. The first-order valence-corrected chi connectivity index (χ1v) is 7.85. The number of amides is 1. The molecule has 0 saturated carbocycles. The van der Waals surface area contributed by atoms with Crippen molar-refractivity contribution in [2.45, 2.75) is 6.92 Å². The highest BCUT2D eigenvalue weighted by Gasteiger charge is 2.17. The molecule has 0 radical (unpaired) electrons. The first kappa shape index (κ1) is 17.3. The van der Waals surface area contributed by atoms with Crippen LogP contribution in [0.15, 0.2) is 12.3 Å². The maximum absolute atomic E-state index is 11.8. The summed E-state index contributed by atoms with van der Waals surface area (Å²) in [5.41, 5.74) is -0.573. The number of rotatable bonds is 7. The molecule has 1 amide bonds. The summed E-state index contributed by atoms with van der Waals surface area (Å²) in [7, 11) is -3.46. The van der Waals surface area contributed by atoms with E-state index in [1.165, 1.54) is 0 Å². The van der Waals surface area contributed by atoms with Crippen LogP contribution in [-0.2, 0) is 10.0 Å². The Labute approximate surface area is 125 Å². The van der Waals surface area contributed by atoms with Gasteiger partial charge in [0.25, 0.3) is 11.6 Å². The van der Waals surface area contributed by atoms with Gasteiger partial charge in [-0.3, -0.25) is 14.9 Å². The van der Waals surface area contributed by atoms with Crippen LogP contribution in [0.3, 0.4) is 0 Å². The number of hydrogen-bond acceptors (Lipinski definition) is 6. The van der Waals surface area contributed by atoms with Gasteiger partial charge < -0.3 is 5.32 Å². The molecular formula is C10H13ClN4O5S. The SMILES string of the molecule is CCNS(=O)(=O)CCNC(=O)c1cc([N+](=O)[O-])cnc1Cl. The topological polar surface area (TPSA) is 131 Å². The fourth-order valence-corrected chi connectivity index (χ4v) is 2.53. The Morgan fingerprint density at radius 3 is 2.76 bits per heavy atom. The van der Waals surface area contributed by atoms with Crippen LogP contribution >= 0.6 is 11.6 Å². The lowest BCUT2D eigenvalue weighted by molar-refractivity contribution is -0.385. The van der Waals surface area contributed by atoms with Gasteiger partial charge >= 0.3 is 0 Å². The van der Waals surface area contributed by atoms with Crippen LogP contribution < -0.4 is 10.0 Å². The molecule has 0 atom stereocenters. The number of nitrogens with one attached hydrogen (secondary N) is 2.